The van der Waals surface area contributed by atoms with E-state index in [0.29, 0.717) is 0 Å². The molecule has 0 radical (unpaired) electrons. The van der Waals surface area contributed by atoms with Crippen molar-refractivity contribution in [1.82, 2.24) is 0 Å². The minimum absolute atomic E-state index is 0.802. The predicted octanol–water partition coefficient (Wildman–Crippen LogP) is 5.16. The number of rotatable bonds is 1. The minimum Gasteiger partial charge on any atom is -0.139 e. The smallest absolute Gasteiger partial charge is 0.0453 e. The van der Waals surface area contributed by atoms with Gasteiger partial charge < -0.3 is 0 Å². The van der Waals surface area contributed by atoms with Gasteiger partial charge in [-0.1, -0.05) is 23.7 Å². The van der Waals surface area contributed by atoms with Crippen molar-refractivity contribution in [3.63, 3.8) is 0 Å². The van der Waals surface area contributed by atoms with Crippen LogP contribution in [0.3, 0.4) is 0 Å². The lowest BCUT2D eigenvalue weighted by molar-refractivity contribution is 1.57. The van der Waals surface area contributed by atoms with Gasteiger partial charge in [0.1, 0.15) is 0 Å². The Kier molecular flexibility index (Phi) is 4.38. The second kappa shape index (κ2) is 5.58. The van der Waals surface area contributed by atoms with E-state index >= 15 is 0 Å². The molecule has 0 bridgehead atoms. The van der Waals surface area contributed by atoms with Crippen LogP contribution in [0.4, 0.5) is 0 Å². The summed E-state index contributed by atoms with van der Waals surface area (Å²) in [7, 11) is 0. The van der Waals surface area contributed by atoms with Crippen LogP contribution in [-0.4, -0.2) is 10.2 Å². The first kappa shape index (κ1) is 11.8. The Hall–Kier alpha value is 0.300. The van der Waals surface area contributed by atoms with Gasteiger partial charge in [-0.3, -0.25) is 0 Å². The van der Waals surface area contributed by atoms with Crippen molar-refractivity contribution in [2.75, 3.05) is 10.2 Å². The van der Waals surface area contributed by atoms with Crippen molar-refractivity contribution >= 4 is 52.5 Å². The number of thioether (sulfide) groups is 3. The second-order valence-corrected chi connectivity index (χ2v) is 7.53. The molecule has 15 heavy (non-hydrogen) atoms. The van der Waals surface area contributed by atoms with Crippen LogP contribution in [0.5, 0.6) is 0 Å². The molecule has 4 heteroatoms. The topological polar surface area (TPSA) is 0 Å². The monoisotopic (exact) mass is 274 g/mol. The summed E-state index contributed by atoms with van der Waals surface area (Å²) in [6.45, 7) is 2.19. The molecule has 0 aliphatic carbocycles. The number of halogens is 1. The summed E-state index contributed by atoms with van der Waals surface area (Å²) in [5.41, 5.74) is 2.66. The minimum atomic E-state index is 0.802. The van der Waals surface area contributed by atoms with Gasteiger partial charge in [0.15, 0.2) is 0 Å². The second-order valence-electron chi connectivity index (χ2n) is 3.15. The fourth-order valence-electron chi connectivity index (χ4n) is 1.30. The zero-order valence-corrected chi connectivity index (χ0v) is 11.5. The molecule has 0 atom stereocenters. The summed E-state index contributed by atoms with van der Waals surface area (Å²) in [5, 5.41) is 3.15. The average molecular weight is 275 g/mol. The molecule has 0 N–H and O–H groups in total. The molecule has 1 aromatic carbocycles. The van der Waals surface area contributed by atoms with E-state index in [1.807, 2.05) is 47.4 Å². The Morgan fingerprint density at radius 1 is 1.13 bits per heavy atom. The van der Waals surface area contributed by atoms with Gasteiger partial charge in [0.2, 0.25) is 0 Å². The standard InChI is InChI=1S/C11H11ClS3/c1-8(11-14-6-13-7-15-11)9-2-4-10(12)5-3-9/h2-5H,6-7H2,1H3. The van der Waals surface area contributed by atoms with Gasteiger partial charge in [0.05, 0.1) is 0 Å². The predicted molar refractivity (Wildman–Crippen MR) is 76.6 cm³/mol. The SMILES string of the molecule is CC(=C1SCSCS1)c1ccc(Cl)cc1. The van der Waals surface area contributed by atoms with E-state index in [1.54, 1.807) is 0 Å². The highest BCUT2D eigenvalue weighted by atomic mass is 35.5. The van der Waals surface area contributed by atoms with E-state index < -0.39 is 0 Å². The molecule has 1 heterocycles. The third-order valence-corrected chi connectivity index (χ3v) is 6.50. The van der Waals surface area contributed by atoms with Crippen LogP contribution >= 0.6 is 46.9 Å². The molecule has 0 amide bonds. The Morgan fingerprint density at radius 2 is 1.73 bits per heavy atom. The van der Waals surface area contributed by atoms with Gasteiger partial charge in [0, 0.05) is 19.4 Å². The first-order valence-corrected chi connectivity index (χ1v) is 8.08. The van der Waals surface area contributed by atoms with Crippen molar-refractivity contribution in [1.29, 1.82) is 0 Å². The van der Waals surface area contributed by atoms with E-state index in [0.717, 1.165) is 5.02 Å². The van der Waals surface area contributed by atoms with Crippen LogP contribution < -0.4 is 0 Å². The zero-order chi connectivity index (χ0) is 10.7. The number of allylic oxidation sites excluding steroid dienone is 1. The van der Waals surface area contributed by atoms with Crippen LogP contribution in [0.2, 0.25) is 5.02 Å². The summed E-state index contributed by atoms with van der Waals surface area (Å²) >= 11 is 11.7. The van der Waals surface area contributed by atoms with E-state index in [1.165, 1.54) is 25.5 Å². The quantitative estimate of drug-likeness (QED) is 0.694. The average Bonchev–Trinajstić information content (AvgIpc) is 2.30. The normalized spacial score (nSPS) is 16.5. The van der Waals surface area contributed by atoms with E-state index in [-0.39, 0.29) is 0 Å². The lowest BCUT2D eigenvalue weighted by Gasteiger charge is -2.15. The fraction of sp³-hybridized carbons (Fsp3) is 0.273. The third kappa shape index (κ3) is 3.13. The van der Waals surface area contributed by atoms with Crippen molar-refractivity contribution in [2.24, 2.45) is 0 Å². The van der Waals surface area contributed by atoms with E-state index in [9.17, 15) is 0 Å². The highest BCUT2D eigenvalue weighted by molar-refractivity contribution is 8.36. The molecule has 0 aromatic heterocycles. The van der Waals surface area contributed by atoms with Gasteiger partial charge in [-0.15, -0.1) is 35.3 Å². The lowest BCUT2D eigenvalue weighted by Crippen LogP contribution is -1.89. The molecule has 1 saturated heterocycles. The first-order chi connectivity index (χ1) is 7.27. The maximum absolute atomic E-state index is 5.87. The Bertz CT molecular complexity index is 362. The van der Waals surface area contributed by atoms with Crippen LogP contribution in [-0.2, 0) is 0 Å². The maximum Gasteiger partial charge on any atom is 0.0453 e. The van der Waals surface area contributed by atoms with E-state index in [2.05, 4.69) is 19.1 Å². The van der Waals surface area contributed by atoms with Gasteiger partial charge in [-0.05, 0) is 30.2 Å². The summed E-state index contributed by atoms with van der Waals surface area (Å²) in [5.74, 6) is 0. The van der Waals surface area contributed by atoms with E-state index in [4.69, 9.17) is 11.6 Å². The van der Waals surface area contributed by atoms with Crippen molar-refractivity contribution in [3.8, 4) is 0 Å². The third-order valence-electron chi connectivity index (χ3n) is 2.13. The zero-order valence-electron chi connectivity index (χ0n) is 8.33. The van der Waals surface area contributed by atoms with Crippen LogP contribution in [0.1, 0.15) is 12.5 Å². The molecular formula is C11H11ClS3. The number of hydrogen-bond donors (Lipinski definition) is 0. The number of benzene rings is 1. The first-order valence-electron chi connectivity index (χ1n) is 4.57. The molecule has 0 saturated carbocycles. The Balaban J connectivity index is 2.25. The molecule has 1 aromatic rings. The molecule has 0 spiro atoms. The molecule has 1 aliphatic heterocycles. The van der Waals surface area contributed by atoms with Gasteiger partial charge in [-0.25, -0.2) is 0 Å². The molecule has 2 rings (SSSR count). The summed E-state index contributed by atoms with van der Waals surface area (Å²) in [6, 6.07) is 8.09. The summed E-state index contributed by atoms with van der Waals surface area (Å²) in [6.07, 6.45) is 0. The van der Waals surface area contributed by atoms with Crippen LogP contribution in [0.15, 0.2) is 28.5 Å². The maximum atomic E-state index is 5.87. The molecular weight excluding hydrogens is 264 g/mol. The molecule has 0 nitrogen and oxygen atoms in total. The van der Waals surface area contributed by atoms with Gasteiger partial charge in [0.25, 0.3) is 0 Å². The summed E-state index contributed by atoms with van der Waals surface area (Å²) in [4.78, 5) is 0. The molecule has 1 fully saturated rings. The highest BCUT2D eigenvalue weighted by Crippen LogP contribution is 2.43. The summed E-state index contributed by atoms with van der Waals surface area (Å²) < 4.78 is 1.45. The largest absolute Gasteiger partial charge is 0.139 e. The molecule has 80 valence electrons. The van der Waals surface area contributed by atoms with Gasteiger partial charge >= 0.3 is 0 Å². The van der Waals surface area contributed by atoms with Crippen LogP contribution in [0, 0.1) is 0 Å². The van der Waals surface area contributed by atoms with Crippen LogP contribution in [0.25, 0.3) is 5.57 Å². The lowest BCUT2D eigenvalue weighted by atomic mass is 10.1. The van der Waals surface area contributed by atoms with Crippen molar-refractivity contribution < 1.29 is 0 Å². The highest BCUT2D eigenvalue weighted by Gasteiger charge is 2.11. The Morgan fingerprint density at radius 3 is 2.33 bits per heavy atom. The van der Waals surface area contributed by atoms with Gasteiger partial charge in [-0.2, -0.15) is 0 Å². The van der Waals surface area contributed by atoms with Crippen molar-refractivity contribution in [3.05, 3.63) is 39.1 Å². The molecule has 0 unspecified atom stereocenters. The molecule has 1 aliphatic rings. The number of hydrogen-bond acceptors (Lipinski definition) is 3. The fourth-order valence-corrected chi connectivity index (χ4v) is 5.70. The Labute approximate surface area is 108 Å². The van der Waals surface area contributed by atoms with Crippen molar-refractivity contribution in [2.45, 2.75) is 6.92 Å².